The Hall–Kier alpha value is -2.72. The molecule has 0 saturated carbocycles. The average molecular weight is 245 g/mol. The van der Waals surface area contributed by atoms with Gasteiger partial charge in [-0.05, 0) is 12.1 Å². The van der Waals surface area contributed by atoms with Gasteiger partial charge in [0, 0.05) is 0 Å². The lowest BCUT2D eigenvalue weighted by Gasteiger charge is -2.07. The fraction of sp³-hybridized carbons (Fsp3) is 0. The second-order valence-corrected chi connectivity index (χ2v) is 3.20. The molecule has 0 saturated heterocycles. The number of aromatic nitrogens is 2. The van der Waals surface area contributed by atoms with E-state index in [9.17, 15) is 4.39 Å². The number of nitrogen functional groups attached to an aromatic ring is 1. The molecule has 0 amide bonds. The number of anilines is 1. The number of nitrogens with one attached hydrogen (secondary N) is 1. The summed E-state index contributed by atoms with van der Waals surface area (Å²) in [5.74, 6) is 4.28. The summed E-state index contributed by atoms with van der Waals surface area (Å²) in [6, 6.07) is 8.36. The van der Waals surface area contributed by atoms with Crippen LogP contribution < -0.4 is 16.0 Å². The number of hydrazine groups is 1. The molecule has 90 valence electrons. The van der Waals surface area contributed by atoms with Crippen LogP contribution in [-0.2, 0) is 0 Å². The van der Waals surface area contributed by atoms with Crippen LogP contribution in [0.3, 0.4) is 0 Å². The van der Waals surface area contributed by atoms with Gasteiger partial charge in [-0.25, -0.2) is 10.8 Å². The predicted molar refractivity (Wildman–Crippen MR) is 61.0 cm³/mol. The van der Waals surface area contributed by atoms with Crippen molar-refractivity contribution in [3.05, 3.63) is 41.8 Å². The van der Waals surface area contributed by atoms with Crippen LogP contribution in [0.4, 0.5) is 10.3 Å². The summed E-state index contributed by atoms with van der Waals surface area (Å²) >= 11 is 0. The standard InChI is InChI=1S/C11H8FN5O/c12-8-6-15-11(17-14)16-10(8)18-9-4-2-1-3-7(9)5-13/h1-4,6H,14H2,(H,15,16,17). The van der Waals surface area contributed by atoms with E-state index in [0.717, 1.165) is 6.20 Å². The first-order chi connectivity index (χ1) is 8.74. The number of hydrogen-bond acceptors (Lipinski definition) is 6. The van der Waals surface area contributed by atoms with Crippen LogP contribution in [0.2, 0.25) is 0 Å². The first kappa shape index (κ1) is 11.8. The molecule has 1 aromatic heterocycles. The monoisotopic (exact) mass is 245 g/mol. The number of para-hydroxylation sites is 1. The number of nitriles is 1. The van der Waals surface area contributed by atoms with Crippen molar-refractivity contribution in [3.63, 3.8) is 0 Å². The maximum absolute atomic E-state index is 13.4. The molecule has 3 N–H and O–H groups in total. The van der Waals surface area contributed by atoms with Gasteiger partial charge in [-0.2, -0.15) is 14.6 Å². The van der Waals surface area contributed by atoms with Crippen LogP contribution in [0.25, 0.3) is 0 Å². The highest BCUT2D eigenvalue weighted by molar-refractivity contribution is 5.44. The molecule has 0 radical (unpaired) electrons. The molecule has 1 heterocycles. The maximum Gasteiger partial charge on any atom is 0.260 e. The van der Waals surface area contributed by atoms with Gasteiger partial charge in [0.2, 0.25) is 11.8 Å². The molecule has 0 fully saturated rings. The predicted octanol–water partition coefficient (Wildman–Crippen LogP) is 1.57. The molecule has 0 bridgehead atoms. The van der Waals surface area contributed by atoms with Crippen LogP contribution >= 0.6 is 0 Å². The van der Waals surface area contributed by atoms with Crippen LogP contribution in [0.5, 0.6) is 11.6 Å². The minimum Gasteiger partial charge on any atom is -0.435 e. The fourth-order valence-corrected chi connectivity index (χ4v) is 1.24. The zero-order valence-corrected chi connectivity index (χ0v) is 9.09. The second-order valence-electron chi connectivity index (χ2n) is 3.20. The molecule has 0 atom stereocenters. The van der Waals surface area contributed by atoms with Crippen LogP contribution in [-0.4, -0.2) is 9.97 Å². The molecule has 6 nitrogen and oxygen atoms in total. The average Bonchev–Trinajstić information content (AvgIpc) is 2.42. The third-order valence-corrected chi connectivity index (χ3v) is 2.06. The van der Waals surface area contributed by atoms with Crippen molar-refractivity contribution in [1.29, 1.82) is 5.26 Å². The minimum absolute atomic E-state index is 0.0147. The molecule has 2 rings (SSSR count). The topological polar surface area (TPSA) is 96.8 Å². The smallest absolute Gasteiger partial charge is 0.260 e. The van der Waals surface area contributed by atoms with Gasteiger partial charge in [0.05, 0.1) is 11.8 Å². The maximum atomic E-state index is 13.4. The lowest BCUT2D eigenvalue weighted by atomic mass is 10.2. The molecule has 18 heavy (non-hydrogen) atoms. The Balaban J connectivity index is 2.37. The Bertz CT molecular complexity index is 611. The molecule has 2 aromatic rings. The van der Waals surface area contributed by atoms with E-state index in [-0.39, 0.29) is 23.1 Å². The van der Waals surface area contributed by atoms with Gasteiger partial charge in [0.15, 0.2) is 0 Å². The summed E-state index contributed by atoms with van der Waals surface area (Å²) in [6.45, 7) is 0. The Labute approximate surface area is 102 Å². The van der Waals surface area contributed by atoms with Crippen molar-refractivity contribution in [1.82, 2.24) is 9.97 Å². The van der Waals surface area contributed by atoms with Crippen LogP contribution in [0.1, 0.15) is 5.56 Å². The lowest BCUT2D eigenvalue weighted by Crippen LogP contribution is -2.11. The van der Waals surface area contributed by atoms with Crippen molar-refractivity contribution in [3.8, 4) is 17.7 Å². The summed E-state index contributed by atoms with van der Waals surface area (Å²) in [5.41, 5.74) is 2.45. The molecule has 1 aromatic carbocycles. The number of ether oxygens (including phenoxy) is 1. The third kappa shape index (κ3) is 2.34. The SMILES string of the molecule is N#Cc1ccccc1Oc1nc(NN)ncc1F. The van der Waals surface area contributed by atoms with Gasteiger partial charge < -0.3 is 4.74 Å². The summed E-state index contributed by atoms with van der Waals surface area (Å²) in [5, 5.41) is 8.88. The first-order valence-corrected chi connectivity index (χ1v) is 4.90. The van der Waals surface area contributed by atoms with Gasteiger partial charge in [-0.15, -0.1) is 0 Å². The van der Waals surface area contributed by atoms with Crippen molar-refractivity contribution >= 4 is 5.95 Å². The molecule has 0 aliphatic rings. The number of halogens is 1. The van der Waals surface area contributed by atoms with Crippen LogP contribution in [0, 0.1) is 17.1 Å². The highest BCUT2D eigenvalue weighted by Gasteiger charge is 2.11. The highest BCUT2D eigenvalue weighted by Crippen LogP contribution is 2.25. The molecule has 0 aliphatic carbocycles. The Kier molecular flexibility index (Phi) is 3.31. The minimum atomic E-state index is -0.748. The summed E-state index contributed by atoms with van der Waals surface area (Å²) in [7, 11) is 0. The van der Waals surface area contributed by atoms with Gasteiger partial charge in [-0.3, -0.25) is 5.43 Å². The van der Waals surface area contributed by atoms with E-state index in [2.05, 4.69) is 15.4 Å². The van der Waals surface area contributed by atoms with Gasteiger partial charge in [0.1, 0.15) is 11.8 Å². The van der Waals surface area contributed by atoms with Crippen molar-refractivity contribution in [2.45, 2.75) is 0 Å². The number of nitrogens with zero attached hydrogens (tertiary/aromatic N) is 3. The Morgan fingerprint density at radius 1 is 1.39 bits per heavy atom. The largest absolute Gasteiger partial charge is 0.435 e. The lowest BCUT2D eigenvalue weighted by molar-refractivity contribution is 0.419. The van der Waals surface area contributed by atoms with Gasteiger partial charge >= 0.3 is 0 Å². The third-order valence-electron chi connectivity index (χ3n) is 2.06. The molecule has 0 spiro atoms. The van der Waals surface area contributed by atoms with Gasteiger partial charge in [0.25, 0.3) is 5.88 Å². The molecule has 0 aliphatic heterocycles. The van der Waals surface area contributed by atoms with E-state index in [0.29, 0.717) is 0 Å². The fourth-order valence-electron chi connectivity index (χ4n) is 1.24. The Morgan fingerprint density at radius 2 is 2.17 bits per heavy atom. The first-order valence-electron chi connectivity index (χ1n) is 4.90. The summed E-state index contributed by atoms with van der Waals surface area (Å²) in [6.07, 6.45) is 0.923. The number of benzene rings is 1. The normalized spacial score (nSPS) is 9.61. The van der Waals surface area contributed by atoms with Crippen LogP contribution in [0.15, 0.2) is 30.5 Å². The van der Waals surface area contributed by atoms with Crippen molar-refractivity contribution in [2.24, 2.45) is 5.84 Å². The highest BCUT2D eigenvalue weighted by atomic mass is 19.1. The van der Waals surface area contributed by atoms with E-state index in [1.807, 2.05) is 6.07 Å². The number of hydrogen-bond donors (Lipinski definition) is 2. The van der Waals surface area contributed by atoms with Crippen molar-refractivity contribution < 1.29 is 9.13 Å². The molecule has 7 heteroatoms. The van der Waals surface area contributed by atoms with Crippen molar-refractivity contribution in [2.75, 3.05) is 5.43 Å². The number of rotatable bonds is 3. The molecular formula is C11H8FN5O. The zero-order valence-electron chi connectivity index (χ0n) is 9.09. The second kappa shape index (κ2) is 5.07. The zero-order chi connectivity index (χ0) is 13.0. The molecular weight excluding hydrogens is 237 g/mol. The van der Waals surface area contributed by atoms with E-state index < -0.39 is 5.82 Å². The molecule has 0 unspecified atom stereocenters. The Morgan fingerprint density at radius 3 is 2.89 bits per heavy atom. The quantitative estimate of drug-likeness (QED) is 0.629. The summed E-state index contributed by atoms with van der Waals surface area (Å²) < 4.78 is 18.7. The number of nitrogens with two attached hydrogens (primary N) is 1. The van der Waals surface area contributed by atoms with E-state index in [1.165, 1.54) is 6.07 Å². The van der Waals surface area contributed by atoms with E-state index >= 15 is 0 Å². The summed E-state index contributed by atoms with van der Waals surface area (Å²) in [4.78, 5) is 7.28. The van der Waals surface area contributed by atoms with Gasteiger partial charge in [-0.1, -0.05) is 12.1 Å². The van der Waals surface area contributed by atoms with E-state index in [4.69, 9.17) is 15.8 Å². The van der Waals surface area contributed by atoms with E-state index in [1.54, 1.807) is 18.2 Å².